The standard InChI is InChI=1S/C12H20N4O.ClH/c1-8-6-10(4-5-13-8)15-12(17)11-7-14-16(3)9(11)2;/h7-8,10,13H,4-6H2,1-3H3,(H,15,17);1H. The van der Waals surface area contributed by atoms with Crippen molar-refractivity contribution in [2.75, 3.05) is 6.54 Å². The molecule has 18 heavy (non-hydrogen) atoms. The molecule has 0 aliphatic carbocycles. The Morgan fingerprint density at radius 2 is 2.33 bits per heavy atom. The van der Waals surface area contributed by atoms with Gasteiger partial charge in [-0.3, -0.25) is 9.48 Å². The predicted molar refractivity (Wildman–Crippen MR) is 73.1 cm³/mol. The summed E-state index contributed by atoms with van der Waals surface area (Å²) in [7, 11) is 1.85. The third-order valence-corrected chi connectivity index (χ3v) is 3.44. The maximum Gasteiger partial charge on any atom is 0.254 e. The van der Waals surface area contributed by atoms with Gasteiger partial charge in [-0.2, -0.15) is 5.10 Å². The zero-order valence-corrected chi connectivity index (χ0v) is 11.9. The first-order chi connectivity index (χ1) is 8.08. The van der Waals surface area contributed by atoms with Gasteiger partial charge in [-0.25, -0.2) is 0 Å². The normalized spacial score (nSPS) is 23.3. The van der Waals surface area contributed by atoms with E-state index in [9.17, 15) is 4.79 Å². The Hall–Kier alpha value is -1.07. The topological polar surface area (TPSA) is 59.0 Å². The van der Waals surface area contributed by atoms with Crippen LogP contribution in [0.15, 0.2) is 6.20 Å². The van der Waals surface area contributed by atoms with Gasteiger partial charge in [0.15, 0.2) is 0 Å². The molecule has 2 N–H and O–H groups in total. The molecule has 0 saturated carbocycles. The monoisotopic (exact) mass is 272 g/mol. The lowest BCUT2D eigenvalue weighted by Crippen LogP contribution is -2.46. The van der Waals surface area contributed by atoms with Crippen LogP contribution < -0.4 is 10.6 Å². The number of carbonyl (C=O) groups excluding carboxylic acids is 1. The van der Waals surface area contributed by atoms with E-state index in [1.165, 1.54) is 0 Å². The summed E-state index contributed by atoms with van der Waals surface area (Å²) in [6.07, 6.45) is 3.62. The van der Waals surface area contributed by atoms with E-state index >= 15 is 0 Å². The minimum absolute atomic E-state index is 0. The lowest BCUT2D eigenvalue weighted by molar-refractivity contribution is 0.0925. The largest absolute Gasteiger partial charge is 0.349 e. The number of carbonyl (C=O) groups is 1. The summed E-state index contributed by atoms with van der Waals surface area (Å²) in [4.78, 5) is 12.1. The molecule has 102 valence electrons. The highest BCUT2D eigenvalue weighted by Gasteiger charge is 2.21. The molecule has 2 heterocycles. The van der Waals surface area contributed by atoms with Gasteiger partial charge in [0.05, 0.1) is 11.8 Å². The fourth-order valence-electron chi connectivity index (χ4n) is 2.25. The number of piperidine rings is 1. The van der Waals surface area contributed by atoms with Crippen LogP contribution in [-0.4, -0.2) is 34.3 Å². The number of aromatic nitrogens is 2. The molecule has 2 rings (SSSR count). The van der Waals surface area contributed by atoms with Crippen LogP contribution in [0.3, 0.4) is 0 Å². The average molecular weight is 273 g/mol. The highest BCUT2D eigenvalue weighted by atomic mass is 35.5. The minimum Gasteiger partial charge on any atom is -0.349 e. The summed E-state index contributed by atoms with van der Waals surface area (Å²) in [5, 5.41) is 10.5. The van der Waals surface area contributed by atoms with Crippen molar-refractivity contribution in [1.29, 1.82) is 0 Å². The van der Waals surface area contributed by atoms with Crippen LogP contribution in [0.25, 0.3) is 0 Å². The van der Waals surface area contributed by atoms with Crippen LogP contribution in [-0.2, 0) is 7.05 Å². The number of aryl methyl sites for hydroxylation is 1. The zero-order valence-electron chi connectivity index (χ0n) is 11.1. The van der Waals surface area contributed by atoms with E-state index in [1.807, 2.05) is 14.0 Å². The van der Waals surface area contributed by atoms with Crippen LogP contribution >= 0.6 is 12.4 Å². The van der Waals surface area contributed by atoms with Crippen molar-refractivity contribution in [1.82, 2.24) is 20.4 Å². The quantitative estimate of drug-likeness (QED) is 0.845. The smallest absolute Gasteiger partial charge is 0.254 e. The molecule has 1 aliphatic rings. The third-order valence-electron chi connectivity index (χ3n) is 3.44. The number of hydrogen-bond donors (Lipinski definition) is 2. The van der Waals surface area contributed by atoms with Crippen molar-refractivity contribution in [2.24, 2.45) is 7.05 Å². The average Bonchev–Trinajstić information content (AvgIpc) is 2.60. The Labute approximate surface area is 114 Å². The van der Waals surface area contributed by atoms with Crippen LogP contribution in [0, 0.1) is 6.92 Å². The van der Waals surface area contributed by atoms with E-state index in [2.05, 4.69) is 22.7 Å². The Bertz CT molecular complexity index is 418. The molecule has 1 aromatic heterocycles. The Kier molecular flexibility index (Phi) is 5.16. The van der Waals surface area contributed by atoms with Crippen LogP contribution in [0.4, 0.5) is 0 Å². The molecule has 0 aromatic carbocycles. The van der Waals surface area contributed by atoms with Crippen molar-refractivity contribution >= 4 is 18.3 Å². The molecule has 0 bridgehead atoms. The Balaban J connectivity index is 0.00000162. The van der Waals surface area contributed by atoms with E-state index in [0.717, 1.165) is 25.1 Å². The van der Waals surface area contributed by atoms with Crippen molar-refractivity contribution in [3.8, 4) is 0 Å². The fourth-order valence-corrected chi connectivity index (χ4v) is 2.25. The number of nitrogens with zero attached hydrogens (tertiary/aromatic N) is 2. The highest BCUT2D eigenvalue weighted by molar-refractivity contribution is 5.95. The van der Waals surface area contributed by atoms with E-state index in [4.69, 9.17) is 0 Å². The Morgan fingerprint density at radius 3 is 2.89 bits per heavy atom. The second-order valence-corrected chi connectivity index (χ2v) is 4.82. The van der Waals surface area contributed by atoms with Crippen LogP contribution in [0.1, 0.15) is 35.8 Å². The summed E-state index contributed by atoms with van der Waals surface area (Å²) >= 11 is 0. The number of rotatable bonds is 2. The van der Waals surface area contributed by atoms with Gasteiger partial charge in [-0.05, 0) is 33.2 Å². The third kappa shape index (κ3) is 3.23. The molecule has 1 amide bonds. The number of halogens is 1. The molecular weight excluding hydrogens is 252 g/mol. The van der Waals surface area contributed by atoms with Crippen molar-refractivity contribution in [3.05, 3.63) is 17.5 Å². The number of amides is 1. The number of hydrogen-bond acceptors (Lipinski definition) is 3. The SMILES string of the molecule is Cc1c(C(=O)NC2CCNC(C)C2)cnn1C.Cl. The van der Waals surface area contributed by atoms with Gasteiger partial charge in [0.2, 0.25) is 0 Å². The van der Waals surface area contributed by atoms with Gasteiger partial charge in [0.25, 0.3) is 5.91 Å². The zero-order chi connectivity index (χ0) is 12.4. The van der Waals surface area contributed by atoms with E-state index in [1.54, 1.807) is 10.9 Å². The highest BCUT2D eigenvalue weighted by Crippen LogP contribution is 2.11. The summed E-state index contributed by atoms with van der Waals surface area (Å²) in [6, 6.07) is 0.752. The molecule has 1 saturated heterocycles. The van der Waals surface area contributed by atoms with Gasteiger partial charge in [0.1, 0.15) is 0 Å². The summed E-state index contributed by atoms with van der Waals surface area (Å²) < 4.78 is 1.72. The molecule has 6 heteroatoms. The van der Waals surface area contributed by atoms with Crippen molar-refractivity contribution in [2.45, 2.75) is 38.8 Å². The van der Waals surface area contributed by atoms with Crippen LogP contribution in [0.5, 0.6) is 0 Å². The first-order valence-electron chi connectivity index (χ1n) is 6.10. The molecule has 2 atom stereocenters. The summed E-state index contributed by atoms with van der Waals surface area (Å²) in [6.45, 7) is 5.03. The first kappa shape index (κ1) is 15.0. The van der Waals surface area contributed by atoms with Gasteiger partial charge in [-0.1, -0.05) is 0 Å². The van der Waals surface area contributed by atoms with Gasteiger partial charge < -0.3 is 10.6 Å². The first-order valence-corrected chi connectivity index (χ1v) is 6.10. The second kappa shape index (κ2) is 6.20. The summed E-state index contributed by atoms with van der Waals surface area (Å²) in [5.41, 5.74) is 1.59. The Morgan fingerprint density at radius 1 is 1.61 bits per heavy atom. The summed E-state index contributed by atoms with van der Waals surface area (Å²) in [5.74, 6) is -0.00491. The molecule has 0 spiro atoms. The molecule has 2 unspecified atom stereocenters. The molecule has 1 fully saturated rings. The van der Waals surface area contributed by atoms with Crippen LogP contribution in [0.2, 0.25) is 0 Å². The van der Waals surface area contributed by atoms with Crippen molar-refractivity contribution < 1.29 is 4.79 Å². The molecule has 1 aromatic rings. The fraction of sp³-hybridized carbons (Fsp3) is 0.667. The van der Waals surface area contributed by atoms with Gasteiger partial charge in [0, 0.05) is 24.8 Å². The maximum atomic E-state index is 12.1. The van der Waals surface area contributed by atoms with Gasteiger partial charge >= 0.3 is 0 Å². The van der Waals surface area contributed by atoms with E-state index < -0.39 is 0 Å². The molecule has 1 aliphatic heterocycles. The second-order valence-electron chi connectivity index (χ2n) is 4.82. The predicted octanol–water partition coefficient (Wildman–Crippen LogP) is 1.02. The lowest BCUT2D eigenvalue weighted by Gasteiger charge is -2.28. The maximum absolute atomic E-state index is 12.1. The van der Waals surface area contributed by atoms with E-state index in [0.29, 0.717) is 11.6 Å². The molecule has 0 radical (unpaired) electrons. The molecule has 5 nitrogen and oxygen atoms in total. The molecular formula is C12H21ClN4O. The minimum atomic E-state index is -0.00491. The number of nitrogens with one attached hydrogen (secondary N) is 2. The van der Waals surface area contributed by atoms with Crippen molar-refractivity contribution in [3.63, 3.8) is 0 Å². The lowest BCUT2D eigenvalue weighted by atomic mass is 10.0. The van der Waals surface area contributed by atoms with E-state index in [-0.39, 0.29) is 24.4 Å². The van der Waals surface area contributed by atoms with Gasteiger partial charge in [-0.15, -0.1) is 12.4 Å².